The lowest BCUT2D eigenvalue weighted by Crippen LogP contribution is -2.48. The molecule has 1 atom stereocenters. The predicted molar refractivity (Wildman–Crippen MR) is 94.7 cm³/mol. The second-order valence-corrected chi connectivity index (χ2v) is 6.37. The van der Waals surface area contributed by atoms with Crippen LogP contribution in [0.3, 0.4) is 0 Å². The van der Waals surface area contributed by atoms with Gasteiger partial charge in [-0.15, -0.1) is 0 Å². The quantitative estimate of drug-likeness (QED) is 0.790. The van der Waals surface area contributed by atoms with Gasteiger partial charge in [0.2, 0.25) is 5.95 Å². The summed E-state index contributed by atoms with van der Waals surface area (Å²) in [6.45, 7) is 3.58. The fourth-order valence-corrected chi connectivity index (χ4v) is 3.25. The fourth-order valence-electron chi connectivity index (χ4n) is 3.25. The molecule has 1 unspecified atom stereocenters. The average Bonchev–Trinajstić information content (AvgIpc) is 3.02. The molecule has 25 heavy (non-hydrogen) atoms. The molecule has 4 rings (SSSR count). The van der Waals surface area contributed by atoms with Crippen LogP contribution in [0.2, 0.25) is 0 Å². The van der Waals surface area contributed by atoms with Gasteiger partial charge in [0.05, 0.1) is 11.3 Å². The standard InChI is InChI=1S/C18H20N6O/c1-13-10-24-11-14(5-6-16(24)21-13)17(25)22-15-4-2-9-23(12-15)18-19-7-3-8-20-18/h3,5-8,10-11,15H,2,4,9,12H2,1H3,(H,22,25). The van der Waals surface area contributed by atoms with Crippen molar-refractivity contribution in [2.24, 2.45) is 0 Å². The first-order valence-electron chi connectivity index (χ1n) is 8.47. The Morgan fingerprint density at radius 1 is 1.24 bits per heavy atom. The highest BCUT2D eigenvalue weighted by atomic mass is 16.1. The fraction of sp³-hybridized carbons (Fsp3) is 0.333. The molecular formula is C18H20N6O. The van der Waals surface area contributed by atoms with E-state index in [0.29, 0.717) is 5.56 Å². The van der Waals surface area contributed by atoms with E-state index in [-0.39, 0.29) is 11.9 Å². The van der Waals surface area contributed by atoms with Crippen molar-refractivity contribution in [1.29, 1.82) is 0 Å². The van der Waals surface area contributed by atoms with E-state index in [2.05, 4.69) is 25.2 Å². The zero-order chi connectivity index (χ0) is 17.2. The van der Waals surface area contributed by atoms with Gasteiger partial charge in [0.1, 0.15) is 5.65 Å². The number of nitrogens with one attached hydrogen (secondary N) is 1. The van der Waals surface area contributed by atoms with Crippen LogP contribution >= 0.6 is 0 Å². The van der Waals surface area contributed by atoms with Crippen molar-refractivity contribution in [3.8, 4) is 0 Å². The Morgan fingerprint density at radius 3 is 2.92 bits per heavy atom. The first-order valence-corrected chi connectivity index (χ1v) is 8.47. The Labute approximate surface area is 145 Å². The maximum atomic E-state index is 12.6. The Balaban J connectivity index is 1.46. The summed E-state index contributed by atoms with van der Waals surface area (Å²) >= 11 is 0. The molecule has 4 heterocycles. The Morgan fingerprint density at radius 2 is 2.08 bits per heavy atom. The van der Waals surface area contributed by atoms with E-state index in [1.165, 1.54) is 0 Å². The van der Waals surface area contributed by atoms with Crippen molar-refractivity contribution >= 4 is 17.5 Å². The molecule has 1 aliphatic heterocycles. The van der Waals surface area contributed by atoms with Gasteiger partial charge in [-0.3, -0.25) is 4.79 Å². The summed E-state index contributed by atoms with van der Waals surface area (Å²) in [7, 11) is 0. The highest BCUT2D eigenvalue weighted by molar-refractivity contribution is 5.94. The third kappa shape index (κ3) is 3.31. The molecule has 0 bridgehead atoms. The maximum absolute atomic E-state index is 12.6. The summed E-state index contributed by atoms with van der Waals surface area (Å²) in [5.74, 6) is 0.658. The van der Waals surface area contributed by atoms with Crippen LogP contribution in [0.4, 0.5) is 5.95 Å². The summed E-state index contributed by atoms with van der Waals surface area (Å²) in [6.07, 6.45) is 9.19. The summed E-state index contributed by atoms with van der Waals surface area (Å²) in [5, 5.41) is 3.14. The van der Waals surface area contributed by atoms with Crippen LogP contribution in [0.15, 0.2) is 43.0 Å². The average molecular weight is 336 g/mol. The van der Waals surface area contributed by atoms with Gasteiger partial charge in [0.25, 0.3) is 5.91 Å². The summed E-state index contributed by atoms with van der Waals surface area (Å²) in [4.78, 5) is 27.7. The number of carbonyl (C=O) groups is 1. The molecule has 0 radical (unpaired) electrons. The number of aromatic nitrogens is 4. The molecule has 3 aromatic heterocycles. The van der Waals surface area contributed by atoms with Crippen LogP contribution in [0, 0.1) is 6.92 Å². The van der Waals surface area contributed by atoms with E-state index < -0.39 is 0 Å². The SMILES string of the molecule is Cc1cn2cc(C(=O)NC3CCCN(c4ncccn4)C3)ccc2n1. The molecule has 1 saturated heterocycles. The third-order valence-electron chi connectivity index (χ3n) is 4.43. The first-order chi connectivity index (χ1) is 12.2. The Kier molecular flexibility index (Phi) is 4.05. The molecule has 0 aromatic carbocycles. The molecule has 0 saturated carbocycles. The number of fused-ring (bicyclic) bond motifs is 1. The van der Waals surface area contributed by atoms with E-state index in [1.54, 1.807) is 18.5 Å². The summed E-state index contributed by atoms with van der Waals surface area (Å²) in [5.41, 5.74) is 2.42. The molecule has 1 aliphatic rings. The normalized spacial score (nSPS) is 17.6. The van der Waals surface area contributed by atoms with Gasteiger partial charge in [-0.1, -0.05) is 0 Å². The number of hydrogen-bond donors (Lipinski definition) is 1. The van der Waals surface area contributed by atoms with E-state index in [9.17, 15) is 4.79 Å². The number of carbonyl (C=O) groups excluding carboxylic acids is 1. The number of imidazole rings is 1. The molecule has 7 nitrogen and oxygen atoms in total. The van der Waals surface area contributed by atoms with Gasteiger partial charge >= 0.3 is 0 Å². The van der Waals surface area contributed by atoms with Gasteiger partial charge < -0.3 is 14.6 Å². The largest absolute Gasteiger partial charge is 0.347 e. The molecule has 3 aromatic rings. The second-order valence-electron chi connectivity index (χ2n) is 6.37. The zero-order valence-electron chi connectivity index (χ0n) is 14.1. The summed E-state index contributed by atoms with van der Waals surface area (Å²) < 4.78 is 1.88. The number of pyridine rings is 1. The lowest BCUT2D eigenvalue weighted by Gasteiger charge is -2.33. The van der Waals surface area contributed by atoms with Crippen LogP contribution < -0.4 is 10.2 Å². The number of hydrogen-bond acceptors (Lipinski definition) is 5. The Hall–Kier alpha value is -2.96. The highest BCUT2D eigenvalue weighted by Gasteiger charge is 2.23. The van der Waals surface area contributed by atoms with Crippen molar-refractivity contribution in [1.82, 2.24) is 24.7 Å². The molecule has 0 aliphatic carbocycles. The monoisotopic (exact) mass is 336 g/mol. The van der Waals surface area contributed by atoms with E-state index in [1.807, 2.05) is 35.9 Å². The molecular weight excluding hydrogens is 316 g/mol. The lowest BCUT2D eigenvalue weighted by atomic mass is 10.1. The van der Waals surface area contributed by atoms with Gasteiger partial charge in [0.15, 0.2) is 0 Å². The minimum Gasteiger partial charge on any atom is -0.347 e. The van der Waals surface area contributed by atoms with Crippen molar-refractivity contribution < 1.29 is 4.79 Å². The molecule has 1 amide bonds. The molecule has 0 spiro atoms. The zero-order valence-corrected chi connectivity index (χ0v) is 14.1. The van der Waals surface area contributed by atoms with Crippen molar-refractivity contribution in [3.63, 3.8) is 0 Å². The molecule has 128 valence electrons. The number of rotatable bonds is 3. The van der Waals surface area contributed by atoms with Crippen molar-refractivity contribution in [2.45, 2.75) is 25.8 Å². The number of amides is 1. The molecule has 1 fully saturated rings. The van der Waals surface area contributed by atoms with Crippen LogP contribution in [0.25, 0.3) is 5.65 Å². The first kappa shape index (κ1) is 15.6. The third-order valence-corrected chi connectivity index (χ3v) is 4.43. The second kappa shape index (κ2) is 6.51. The van der Waals surface area contributed by atoms with Crippen LogP contribution in [-0.4, -0.2) is 44.4 Å². The minimum atomic E-state index is -0.0610. The van der Waals surface area contributed by atoms with Crippen molar-refractivity contribution in [3.05, 3.63) is 54.2 Å². The molecule has 1 N–H and O–H groups in total. The van der Waals surface area contributed by atoms with E-state index >= 15 is 0 Å². The van der Waals surface area contributed by atoms with Gasteiger partial charge in [-0.2, -0.15) is 0 Å². The molecule has 7 heteroatoms. The number of anilines is 1. The number of nitrogens with zero attached hydrogens (tertiary/aromatic N) is 5. The van der Waals surface area contributed by atoms with Gasteiger partial charge in [0, 0.05) is 43.9 Å². The van der Waals surface area contributed by atoms with E-state index in [0.717, 1.165) is 43.2 Å². The Bertz CT molecular complexity index is 891. The smallest absolute Gasteiger partial charge is 0.253 e. The number of aryl methyl sites for hydroxylation is 1. The van der Waals surface area contributed by atoms with Crippen LogP contribution in [0.1, 0.15) is 28.9 Å². The van der Waals surface area contributed by atoms with E-state index in [4.69, 9.17) is 0 Å². The lowest BCUT2D eigenvalue weighted by molar-refractivity contribution is 0.0932. The van der Waals surface area contributed by atoms with Gasteiger partial charge in [-0.05, 0) is 38.0 Å². The van der Waals surface area contributed by atoms with Crippen LogP contribution in [0.5, 0.6) is 0 Å². The van der Waals surface area contributed by atoms with Crippen molar-refractivity contribution in [2.75, 3.05) is 18.0 Å². The predicted octanol–water partition coefficient (Wildman–Crippen LogP) is 1.83. The number of piperidine rings is 1. The van der Waals surface area contributed by atoms with Crippen LogP contribution in [-0.2, 0) is 0 Å². The minimum absolute atomic E-state index is 0.0610. The summed E-state index contributed by atoms with van der Waals surface area (Å²) in [6, 6.07) is 5.58. The van der Waals surface area contributed by atoms with Gasteiger partial charge in [-0.25, -0.2) is 15.0 Å². The maximum Gasteiger partial charge on any atom is 0.253 e. The highest BCUT2D eigenvalue weighted by Crippen LogP contribution is 2.16. The topological polar surface area (TPSA) is 75.4 Å².